The third kappa shape index (κ3) is 5.30. The Balaban J connectivity index is 1.79. The van der Waals surface area contributed by atoms with Crippen LogP contribution in [-0.4, -0.2) is 28.8 Å². The minimum Gasteiger partial charge on any atom is -0.466 e. The molecule has 1 amide bonds. The lowest BCUT2D eigenvalue weighted by Crippen LogP contribution is -2.20. The molecule has 0 spiro atoms. The number of carbonyl (C=O) groups excluding carboxylic acids is 2. The second-order valence-corrected chi connectivity index (χ2v) is 7.87. The number of aromatic nitrogens is 1. The zero-order valence-electron chi connectivity index (χ0n) is 15.3. The van der Waals surface area contributed by atoms with Crippen LogP contribution in [0, 0.1) is 5.82 Å². The number of nitrogens with zero attached hydrogens (tertiary/aromatic N) is 2. The van der Waals surface area contributed by atoms with Gasteiger partial charge in [0.1, 0.15) is 5.82 Å². The summed E-state index contributed by atoms with van der Waals surface area (Å²) in [6.45, 7) is 2.49. The van der Waals surface area contributed by atoms with Gasteiger partial charge in [-0.1, -0.05) is 23.5 Å². The largest absolute Gasteiger partial charge is 0.466 e. The number of fused-ring (bicyclic) bond motifs is 1. The molecule has 0 aliphatic heterocycles. The molecule has 146 valence electrons. The molecular formula is C20H19FN2O3S2. The van der Waals surface area contributed by atoms with Crippen molar-refractivity contribution in [3.8, 4) is 0 Å². The van der Waals surface area contributed by atoms with Crippen molar-refractivity contribution < 1.29 is 18.7 Å². The van der Waals surface area contributed by atoms with E-state index in [-0.39, 0.29) is 29.9 Å². The lowest BCUT2D eigenvalue weighted by atomic mass is 10.3. The van der Waals surface area contributed by atoms with Gasteiger partial charge in [-0.3, -0.25) is 9.59 Å². The fourth-order valence-corrected chi connectivity index (χ4v) is 4.33. The van der Waals surface area contributed by atoms with Crippen LogP contribution >= 0.6 is 23.1 Å². The smallest absolute Gasteiger partial charge is 0.307 e. The highest BCUT2D eigenvalue weighted by atomic mass is 32.2. The zero-order valence-corrected chi connectivity index (χ0v) is 16.9. The molecule has 1 heterocycles. The van der Waals surface area contributed by atoms with E-state index in [1.165, 1.54) is 35.2 Å². The first kappa shape index (κ1) is 20.3. The lowest BCUT2D eigenvalue weighted by Gasteiger charge is -2.05. The number of thiazole rings is 1. The van der Waals surface area contributed by atoms with Gasteiger partial charge < -0.3 is 9.30 Å². The third-order valence-electron chi connectivity index (χ3n) is 3.83. The molecule has 8 heteroatoms. The summed E-state index contributed by atoms with van der Waals surface area (Å²) < 4.78 is 20.8. The van der Waals surface area contributed by atoms with Gasteiger partial charge in [0.05, 0.1) is 29.0 Å². The quantitative estimate of drug-likeness (QED) is 0.430. The first-order chi connectivity index (χ1) is 13.6. The Morgan fingerprint density at radius 2 is 1.93 bits per heavy atom. The second kappa shape index (κ2) is 9.66. The Morgan fingerprint density at radius 1 is 1.18 bits per heavy atom. The molecule has 0 atom stereocenters. The molecule has 0 saturated carbocycles. The topological polar surface area (TPSA) is 60.7 Å². The summed E-state index contributed by atoms with van der Waals surface area (Å²) in [6, 6.07) is 13.7. The molecule has 2 aromatic carbocycles. The van der Waals surface area contributed by atoms with Gasteiger partial charge in [-0.25, -0.2) is 4.39 Å². The van der Waals surface area contributed by atoms with E-state index in [2.05, 4.69) is 4.99 Å². The maximum atomic E-state index is 13.0. The fraction of sp³-hybridized carbons (Fsp3) is 0.250. The van der Waals surface area contributed by atoms with E-state index in [0.29, 0.717) is 18.0 Å². The average Bonchev–Trinajstić information content (AvgIpc) is 3.03. The normalized spacial score (nSPS) is 11.7. The van der Waals surface area contributed by atoms with Crippen LogP contribution in [0.4, 0.5) is 4.39 Å². The molecule has 0 N–H and O–H groups in total. The summed E-state index contributed by atoms with van der Waals surface area (Å²) in [7, 11) is 0. The van der Waals surface area contributed by atoms with Crippen molar-refractivity contribution >= 4 is 45.2 Å². The maximum Gasteiger partial charge on any atom is 0.307 e. The molecule has 0 radical (unpaired) electrons. The molecule has 0 unspecified atom stereocenters. The van der Waals surface area contributed by atoms with Crippen LogP contribution < -0.4 is 4.80 Å². The minimum atomic E-state index is -0.312. The van der Waals surface area contributed by atoms with Crippen LogP contribution in [0.3, 0.4) is 0 Å². The van der Waals surface area contributed by atoms with E-state index in [1.54, 1.807) is 19.1 Å². The van der Waals surface area contributed by atoms with Crippen molar-refractivity contribution in [2.75, 3.05) is 12.4 Å². The van der Waals surface area contributed by atoms with Gasteiger partial charge in [-0.2, -0.15) is 4.99 Å². The highest BCUT2D eigenvalue weighted by molar-refractivity contribution is 8.00. The Morgan fingerprint density at radius 3 is 2.68 bits per heavy atom. The minimum absolute atomic E-state index is 0.151. The van der Waals surface area contributed by atoms with Crippen molar-refractivity contribution in [3.05, 3.63) is 59.1 Å². The molecule has 0 aliphatic rings. The highest BCUT2D eigenvalue weighted by Crippen LogP contribution is 2.19. The number of esters is 1. The SMILES string of the molecule is CCOC(=O)CCn1c(=NC(=O)CSc2ccc(F)cc2)sc2ccccc21. The molecular weight excluding hydrogens is 399 g/mol. The number of para-hydroxylation sites is 1. The van der Waals surface area contributed by atoms with Gasteiger partial charge >= 0.3 is 5.97 Å². The molecule has 0 bridgehead atoms. The van der Waals surface area contributed by atoms with Crippen molar-refractivity contribution in [1.29, 1.82) is 0 Å². The highest BCUT2D eigenvalue weighted by Gasteiger charge is 2.10. The predicted octanol–water partition coefficient (Wildman–Crippen LogP) is 4.01. The fourth-order valence-electron chi connectivity index (χ4n) is 2.57. The van der Waals surface area contributed by atoms with Crippen LogP contribution in [-0.2, 0) is 20.9 Å². The Labute approximate surface area is 169 Å². The van der Waals surface area contributed by atoms with Crippen molar-refractivity contribution in [1.82, 2.24) is 4.57 Å². The van der Waals surface area contributed by atoms with Crippen LogP contribution in [0.15, 0.2) is 58.4 Å². The van der Waals surface area contributed by atoms with Crippen LogP contribution in [0.5, 0.6) is 0 Å². The molecule has 5 nitrogen and oxygen atoms in total. The van der Waals surface area contributed by atoms with Crippen molar-refractivity contribution in [2.24, 2.45) is 4.99 Å². The summed E-state index contributed by atoms with van der Waals surface area (Å²) in [5.41, 5.74) is 0.925. The van der Waals surface area contributed by atoms with Gasteiger partial charge in [0.25, 0.3) is 5.91 Å². The molecule has 0 saturated heterocycles. The molecule has 3 rings (SSSR count). The van der Waals surface area contributed by atoms with E-state index < -0.39 is 0 Å². The molecule has 0 fully saturated rings. The molecule has 28 heavy (non-hydrogen) atoms. The van der Waals surface area contributed by atoms with E-state index in [9.17, 15) is 14.0 Å². The zero-order chi connectivity index (χ0) is 19.9. The number of halogens is 1. The number of benzene rings is 2. The second-order valence-electron chi connectivity index (χ2n) is 5.81. The van der Waals surface area contributed by atoms with Gasteiger partial charge in [0.2, 0.25) is 0 Å². The summed E-state index contributed by atoms with van der Waals surface area (Å²) in [4.78, 5) is 29.7. The number of thioether (sulfide) groups is 1. The number of rotatable bonds is 7. The van der Waals surface area contributed by atoms with Crippen molar-refractivity contribution in [3.63, 3.8) is 0 Å². The third-order valence-corrected chi connectivity index (χ3v) is 5.89. The van der Waals surface area contributed by atoms with E-state index in [1.807, 2.05) is 28.8 Å². The first-order valence-corrected chi connectivity index (χ1v) is 10.6. The first-order valence-electron chi connectivity index (χ1n) is 8.76. The van der Waals surface area contributed by atoms with Gasteiger partial charge in [0, 0.05) is 11.4 Å². The molecule has 1 aromatic heterocycles. The predicted molar refractivity (Wildman–Crippen MR) is 109 cm³/mol. The van der Waals surface area contributed by atoms with E-state index >= 15 is 0 Å². The van der Waals surface area contributed by atoms with E-state index in [0.717, 1.165) is 15.1 Å². The number of amides is 1. The number of ether oxygens (including phenoxy) is 1. The van der Waals surface area contributed by atoms with Gasteiger partial charge in [-0.05, 0) is 43.3 Å². The number of aryl methyl sites for hydroxylation is 1. The Bertz CT molecular complexity index is 1040. The van der Waals surface area contributed by atoms with Crippen LogP contribution in [0.1, 0.15) is 13.3 Å². The lowest BCUT2D eigenvalue weighted by molar-refractivity contribution is -0.143. The average molecular weight is 419 g/mol. The summed E-state index contributed by atoms with van der Waals surface area (Å²) in [6.07, 6.45) is 0.209. The number of carbonyl (C=O) groups is 2. The summed E-state index contributed by atoms with van der Waals surface area (Å²) in [5.74, 6) is -0.730. The van der Waals surface area contributed by atoms with Crippen LogP contribution in [0.25, 0.3) is 10.2 Å². The molecule has 3 aromatic rings. The van der Waals surface area contributed by atoms with Crippen LogP contribution in [0.2, 0.25) is 0 Å². The summed E-state index contributed by atoms with van der Waals surface area (Å²) >= 11 is 2.71. The monoisotopic (exact) mass is 418 g/mol. The van der Waals surface area contributed by atoms with Gasteiger partial charge in [-0.15, -0.1) is 11.8 Å². The Kier molecular flexibility index (Phi) is 7.00. The standard InChI is InChI=1S/C20H19FN2O3S2/c1-2-26-19(25)11-12-23-16-5-3-4-6-17(16)28-20(23)22-18(24)13-27-15-9-7-14(21)8-10-15/h3-10H,2,11-13H2,1H3. The number of hydrogen-bond acceptors (Lipinski definition) is 5. The van der Waals surface area contributed by atoms with E-state index in [4.69, 9.17) is 4.74 Å². The summed E-state index contributed by atoms with van der Waals surface area (Å²) in [5, 5.41) is 0. The molecule has 0 aliphatic carbocycles. The van der Waals surface area contributed by atoms with Gasteiger partial charge in [0.15, 0.2) is 4.80 Å². The Hall–Kier alpha value is -2.45. The van der Waals surface area contributed by atoms with Crippen molar-refractivity contribution in [2.45, 2.75) is 24.8 Å². The maximum absolute atomic E-state index is 13.0. The number of hydrogen-bond donors (Lipinski definition) is 0.